The Hall–Kier alpha value is -1.12. The van der Waals surface area contributed by atoms with E-state index in [2.05, 4.69) is 23.0 Å². The minimum atomic E-state index is 0.343. The highest BCUT2D eigenvalue weighted by Gasteiger charge is 2.29. The summed E-state index contributed by atoms with van der Waals surface area (Å²) in [5.74, 6) is 0.343. The van der Waals surface area contributed by atoms with Crippen LogP contribution in [-0.4, -0.2) is 29.0 Å². The minimum absolute atomic E-state index is 0.343. The summed E-state index contributed by atoms with van der Waals surface area (Å²) >= 11 is 0. The molecule has 1 heterocycles. The van der Waals surface area contributed by atoms with Crippen molar-refractivity contribution in [2.24, 2.45) is 4.99 Å². The number of nitrogens with zero attached hydrogens (tertiary/aromatic N) is 2. The molecule has 1 fully saturated rings. The van der Waals surface area contributed by atoms with Gasteiger partial charge in [-0.3, -0.25) is 9.79 Å². The standard InChI is InChI=1S/C8H12N2.C5H10O/c1-7-6-9-4-5-10(7)8-2-3-8;1-3-5(6)4-2/h4-8H,2-3H2,1H3;3-4H2,1-2H3. The number of aliphatic imine (C=N–C) groups is 1. The van der Waals surface area contributed by atoms with Crippen LogP contribution in [0.15, 0.2) is 17.4 Å². The van der Waals surface area contributed by atoms with E-state index in [1.807, 2.05) is 26.3 Å². The van der Waals surface area contributed by atoms with Gasteiger partial charge in [0, 0.05) is 37.5 Å². The van der Waals surface area contributed by atoms with Crippen LogP contribution < -0.4 is 0 Å². The summed E-state index contributed by atoms with van der Waals surface area (Å²) in [5, 5.41) is 0. The lowest BCUT2D eigenvalue weighted by molar-refractivity contribution is -0.118. The molecule has 0 amide bonds. The number of carbonyl (C=O) groups excluding carboxylic acids is 1. The Balaban J connectivity index is 0.000000187. The van der Waals surface area contributed by atoms with Gasteiger partial charge in [-0.25, -0.2) is 0 Å². The van der Waals surface area contributed by atoms with E-state index in [1.165, 1.54) is 12.8 Å². The van der Waals surface area contributed by atoms with Crippen molar-refractivity contribution in [3.63, 3.8) is 0 Å². The van der Waals surface area contributed by atoms with Crippen molar-refractivity contribution in [3.8, 4) is 0 Å². The molecular weight excluding hydrogens is 200 g/mol. The van der Waals surface area contributed by atoms with Crippen LogP contribution in [0, 0.1) is 0 Å². The smallest absolute Gasteiger partial charge is 0.132 e. The molecule has 2 aliphatic rings. The first-order valence-corrected chi connectivity index (χ1v) is 6.18. The van der Waals surface area contributed by atoms with E-state index in [0.717, 1.165) is 6.04 Å². The van der Waals surface area contributed by atoms with Crippen LogP contribution in [0.25, 0.3) is 0 Å². The summed E-state index contributed by atoms with van der Waals surface area (Å²) in [6.07, 6.45) is 10.1. The molecule has 0 aromatic rings. The largest absolute Gasteiger partial charge is 0.365 e. The van der Waals surface area contributed by atoms with Crippen LogP contribution >= 0.6 is 0 Å². The van der Waals surface area contributed by atoms with Gasteiger partial charge in [-0.1, -0.05) is 13.8 Å². The molecule has 1 unspecified atom stereocenters. The summed E-state index contributed by atoms with van der Waals surface area (Å²) < 4.78 is 0. The number of carbonyl (C=O) groups is 1. The molecule has 1 atom stereocenters. The predicted molar refractivity (Wildman–Crippen MR) is 67.5 cm³/mol. The molecule has 90 valence electrons. The van der Waals surface area contributed by atoms with E-state index < -0.39 is 0 Å². The molecule has 0 saturated heterocycles. The normalized spacial score (nSPS) is 22.7. The van der Waals surface area contributed by atoms with E-state index in [4.69, 9.17) is 0 Å². The van der Waals surface area contributed by atoms with Gasteiger partial charge in [0.1, 0.15) is 5.78 Å². The Morgan fingerprint density at radius 3 is 2.38 bits per heavy atom. The lowest BCUT2D eigenvalue weighted by Gasteiger charge is -2.26. The fourth-order valence-electron chi connectivity index (χ4n) is 1.58. The number of hydrogen-bond donors (Lipinski definition) is 0. The predicted octanol–water partition coefficient (Wildman–Crippen LogP) is 2.77. The van der Waals surface area contributed by atoms with E-state index in [1.54, 1.807) is 0 Å². The topological polar surface area (TPSA) is 32.7 Å². The lowest BCUT2D eigenvalue weighted by atomic mass is 10.3. The summed E-state index contributed by atoms with van der Waals surface area (Å²) in [5.41, 5.74) is 0. The molecule has 0 aromatic carbocycles. The van der Waals surface area contributed by atoms with E-state index in [0.29, 0.717) is 24.7 Å². The second-order valence-corrected chi connectivity index (χ2v) is 4.26. The number of rotatable bonds is 3. The molecule has 1 aliphatic heterocycles. The minimum Gasteiger partial charge on any atom is -0.365 e. The number of hydrogen-bond acceptors (Lipinski definition) is 3. The number of ketones is 1. The Kier molecular flexibility index (Phi) is 5.23. The molecule has 2 rings (SSSR count). The molecule has 16 heavy (non-hydrogen) atoms. The summed E-state index contributed by atoms with van der Waals surface area (Å²) in [6.45, 7) is 5.95. The monoisotopic (exact) mass is 222 g/mol. The van der Waals surface area contributed by atoms with Crippen molar-refractivity contribution in [1.29, 1.82) is 0 Å². The molecular formula is C13H22N2O. The fraction of sp³-hybridized carbons (Fsp3) is 0.692. The average Bonchev–Trinajstić information content (AvgIpc) is 3.13. The van der Waals surface area contributed by atoms with Gasteiger partial charge in [0.15, 0.2) is 0 Å². The van der Waals surface area contributed by atoms with Crippen molar-refractivity contribution in [2.45, 2.75) is 58.5 Å². The highest BCUT2D eigenvalue weighted by molar-refractivity contribution is 5.77. The Morgan fingerprint density at radius 2 is 2.00 bits per heavy atom. The molecule has 0 spiro atoms. The van der Waals surface area contributed by atoms with E-state index >= 15 is 0 Å². The molecule has 0 bridgehead atoms. The maximum atomic E-state index is 10.2. The summed E-state index contributed by atoms with van der Waals surface area (Å²) in [4.78, 5) is 16.6. The molecule has 0 aromatic heterocycles. The van der Waals surface area contributed by atoms with Gasteiger partial charge in [-0.05, 0) is 19.8 Å². The van der Waals surface area contributed by atoms with Crippen LogP contribution in [-0.2, 0) is 4.79 Å². The lowest BCUT2D eigenvalue weighted by Crippen LogP contribution is -2.32. The zero-order chi connectivity index (χ0) is 12.0. The maximum absolute atomic E-state index is 10.2. The zero-order valence-electron chi connectivity index (χ0n) is 10.5. The highest BCUT2D eigenvalue weighted by Crippen LogP contribution is 2.29. The van der Waals surface area contributed by atoms with Crippen molar-refractivity contribution in [2.75, 3.05) is 0 Å². The van der Waals surface area contributed by atoms with Crippen LogP contribution in [0.2, 0.25) is 0 Å². The molecule has 1 aliphatic carbocycles. The second-order valence-electron chi connectivity index (χ2n) is 4.26. The highest BCUT2D eigenvalue weighted by atomic mass is 16.1. The van der Waals surface area contributed by atoms with Gasteiger partial charge in [0.05, 0.1) is 6.04 Å². The average molecular weight is 222 g/mol. The van der Waals surface area contributed by atoms with Gasteiger partial charge < -0.3 is 4.90 Å². The second kappa shape index (κ2) is 6.46. The third-order valence-electron chi connectivity index (χ3n) is 2.85. The fourth-order valence-corrected chi connectivity index (χ4v) is 1.58. The van der Waals surface area contributed by atoms with Gasteiger partial charge in [-0.15, -0.1) is 0 Å². The van der Waals surface area contributed by atoms with Gasteiger partial charge in [0.25, 0.3) is 0 Å². The maximum Gasteiger partial charge on any atom is 0.132 e. The molecule has 1 saturated carbocycles. The number of Topliss-reactive ketones (excluding diaryl/α,β-unsaturated/α-hetero) is 1. The Morgan fingerprint density at radius 1 is 1.38 bits per heavy atom. The van der Waals surface area contributed by atoms with Crippen LogP contribution in [0.4, 0.5) is 0 Å². The first kappa shape index (κ1) is 12.9. The van der Waals surface area contributed by atoms with E-state index in [-0.39, 0.29) is 0 Å². The van der Waals surface area contributed by atoms with Gasteiger partial charge in [-0.2, -0.15) is 0 Å². The van der Waals surface area contributed by atoms with Crippen molar-refractivity contribution in [1.82, 2.24) is 4.90 Å². The Bertz CT molecular complexity index is 274. The third-order valence-corrected chi connectivity index (χ3v) is 2.85. The zero-order valence-corrected chi connectivity index (χ0v) is 10.5. The van der Waals surface area contributed by atoms with Crippen molar-refractivity contribution < 1.29 is 4.79 Å². The third kappa shape index (κ3) is 4.17. The summed E-state index contributed by atoms with van der Waals surface area (Å²) in [7, 11) is 0. The van der Waals surface area contributed by atoms with Crippen LogP contribution in [0.3, 0.4) is 0 Å². The molecule has 0 radical (unpaired) electrons. The Labute approximate surface area is 98.2 Å². The van der Waals surface area contributed by atoms with Gasteiger partial charge >= 0.3 is 0 Å². The van der Waals surface area contributed by atoms with E-state index in [9.17, 15) is 4.79 Å². The van der Waals surface area contributed by atoms with Crippen molar-refractivity contribution in [3.05, 3.63) is 12.4 Å². The van der Waals surface area contributed by atoms with Crippen molar-refractivity contribution >= 4 is 12.0 Å². The van der Waals surface area contributed by atoms with Crippen LogP contribution in [0.5, 0.6) is 0 Å². The molecule has 0 N–H and O–H groups in total. The molecule has 3 nitrogen and oxygen atoms in total. The first-order valence-electron chi connectivity index (χ1n) is 6.18. The SMILES string of the molecule is CC1C=NC=CN1C1CC1.CCC(=O)CC. The quantitative estimate of drug-likeness (QED) is 0.735. The first-order chi connectivity index (χ1) is 7.69. The van der Waals surface area contributed by atoms with Crippen LogP contribution in [0.1, 0.15) is 46.5 Å². The molecule has 3 heteroatoms. The van der Waals surface area contributed by atoms with Gasteiger partial charge in [0.2, 0.25) is 0 Å². The summed E-state index contributed by atoms with van der Waals surface area (Å²) in [6, 6.07) is 1.33.